The van der Waals surface area contributed by atoms with Crippen molar-refractivity contribution < 1.29 is 4.79 Å². The molecule has 4 nitrogen and oxygen atoms in total. The van der Waals surface area contributed by atoms with Crippen LogP contribution in [0.25, 0.3) is 0 Å². The van der Waals surface area contributed by atoms with Gasteiger partial charge in [0.15, 0.2) is 5.13 Å². The number of anilines is 1. The van der Waals surface area contributed by atoms with E-state index in [4.69, 9.17) is 0 Å². The summed E-state index contributed by atoms with van der Waals surface area (Å²) in [6.07, 6.45) is 6.53. The van der Waals surface area contributed by atoms with Gasteiger partial charge in [0.05, 0.1) is 5.69 Å². The Hall–Kier alpha value is -0.940. The summed E-state index contributed by atoms with van der Waals surface area (Å²) in [7, 11) is 1.85. The SMILES string of the molecule is CCCC1CCc2nc(NC(=O)CCNC)sc2C1. The number of thiazole rings is 1. The van der Waals surface area contributed by atoms with E-state index < -0.39 is 0 Å². The van der Waals surface area contributed by atoms with E-state index in [1.807, 2.05) is 7.05 Å². The first-order valence-electron chi connectivity index (χ1n) is 7.16. The Morgan fingerprint density at radius 1 is 1.53 bits per heavy atom. The number of fused-ring (bicyclic) bond motifs is 1. The fourth-order valence-electron chi connectivity index (χ4n) is 2.57. The van der Waals surface area contributed by atoms with Crippen molar-refractivity contribution in [3.8, 4) is 0 Å². The molecule has 0 aromatic carbocycles. The molecule has 106 valence electrons. The van der Waals surface area contributed by atoms with Gasteiger partial charge in [-0.25, -0.2) is 4.98 Å². The Balaban J connectivity index is 1.93. The van der Waals surface area contributed by atoms with E-state index in [9.17, 15) is 4.79 Å². The third-order valence-electron chi connectivity index (χ3n) is 3.59. The van der Waals surface area contributed by atoms with Gasteiger partial charge in [0.1, 0.15) is 0 Å². The predicted octanol–water partition coefficient (Wildman–Crippen LogP) is 2.60. The minimum Gasteiger partial charge on any atom is -0.319 e. The standard InChI is InChI=1S/C14H23N3OS/c1-3-4-10-5-6-11-12(9-10)19-14(16-11)17-13(18)7-8-15-2/h10,15H,3-9H2,1-2H3,(H,16,17,18). The number of aromatic nitrogens is 1. The summed E-state index contributed by atoms with van der Waals surface area (Å²) in [5.41, 5.74) is 1.21. The maximum Gasteiger partial charge on any atom is 0.227 e. The van der Waals surface area contributed by atoms with Crippen LogP contribution in [-0.2, 0) is 17.6 Å². The lowest BCUT2D eigenvalue weighted by Crippen LogP contribution is -2.18. The van der Waals surface area contributed by atoms with Gasteiger partial charge in [0.2, 0.25) is 5.91 Å². The summed E-state index contributed by atoms with van der Waals surface area (Å²) in [5.74, 6) is 0.858. The minimum atomic E-state index is 0.0468. The smallest absolute Gasteiger partial charge is 0.227 e. The molecule has 19 heavy (non-hydrogen) atoms. The maximum atomic E-state index is 11.7. The molecule has 0 saturated carbocycles. The molecule has 1 aromatic heterocycles. The summed E-state index contributed by atoms with van der Waals surface area (Å²) in [6.45, 7) is 2.95. The molecule has 0 radical (unpaired) electrons. The van der Waals surface area contributed by atoms with Crippen molar-refractivity contribution >= 4 is 22.4 Å². The molecule has 1 amide bonds. The Labute approximate surface area is 119 Å². The van der Waals surface area contributed by atoms with Crippen LogP contribution in [-0.4, -0.2) is 24.5 Å². The molecular formula is C14H23N3OS. The molecular weight excluding hydrogens is 258 g/mol. The van der Waals surface area contributed by atoms with Gasteiger partial charge in [-0.3, -0.25) is 4.79 Å². The second kappa shape index (κ2) is 7.01. The number of rotatable bonds is 6. The fraction of sp³-hybridized carbons (Fsp3) is 0.714. The first-order valence-corrected chi connectivity index (χ1v) is 7.97. The van der Waals surface area contributed by atoms with Crippen molar-refractivity contribution in [1.82, 2.24) is 10.3 Å². The van der Waals surface area contributed by atoms with Crippen LogP contribution in [0.15, 0.2) is 0 Å². The van der Waals surface area contributed by atoms with Crippen LogP contribution >= 0.6 is 11.3 Å². The number of aryl methyl sites for hydroxylation is 1. The molecule has 2 rings (SSSR count). The number of carbonyl (C=O) groups excluding carboxylic acids is 1. The van der Waals surface area contributed by atoms with Gasteiger partial charge < -0.3 is 10.6 Å². The highest BCUT2D eigenvalue weighted by Gasteiger charge is 2.22. The van der Waals surface area contributed by atoms with Gasteiger partial charge in [-0.2, -0.15) is 0 Å². The molecule has 1 aromatic rings. The minimum absolute atomic E-state index is 0.0468. The Bertz CT molecular complexity index is 430. The largest absolute Gasteiger partial charge is 0.319 e. The van der Waals surface area contributed by atoms with Gasteiger partial charge in [-0.1, -0.05) is 19.8 Å². The van der Waals surface area contributed by atoms with E-state index in [1.165, 1.54) is 29.8 Å². The van der Waals surface area contributed by atoms with Crippen molar-refractivity contribution in [1.29, 1.82) is 0 Å². The Kier molecular flexibility index (Phi) is 5.34. The molecule has 2 N–H and O–H groups in total. The maximum absolute atomic E-state index is 11.7. The van der Waals surface area contributed by atoms with E-state index in [0.717, 1.165) is 23.9 Å². The number of hydrogen-bond donors (Lipinski definition) is 2. The summed E-state index contributed by atoms with van der Waals surface area (Å²) < 4.78 is 0. The lowest BCUT2D eigenvalue weighted by molar-refractivity contribution is -0.116. The zero-order valence-corrected chi connectivity index (χ0v) is 12.6. The van der Waals surface area contributed by atoms with Crippen molar-refractivity contribution in [3.05, 3.63) is 10.6 Å². The van der Waals surface area contributed by atoms with Gasteiger partial charge in [-0.05, 0) is 32.2 Å². The van der Waals surface area contributed by atoms with Gasteiger partial charge in [0.25, 0.3) is 0 Å². The number of hydrogen-bond acceptors (Lipinski definition) is 4. The van der Waals surface area contributed by atoms with Crippen molar-refractivity contribution in [2.24, 2.45) is 5.92 Å². The van der Waals surface area contributed by atoms with Gasteiger partial charge in [0, 0.05) is 17.8 Å². The molecule has 0 spiro atoms. The van der Waals surface area contributed by atoms with E-state index in [0.29, 0.717) is 13.0 Å². The normalized spacial score (nSPS) is 18.1. The monoisotopic (exact) mass is 281 g/mol. The van der Waals surface area contributed by atoms with Crippen LogP contribution < -0.4 is 10.6 Å². The summed E-state index contributed by atoms with van der Waals surface area (Å²) in [6, 6.07) is 0. The van der Waals surface area contributed by atoms with Crippen LogP contribution in [0.5, 0.6) is 0 Å². The fourth-order valence-corrected chi connectivity index (χ4v) is 3.71. The van der Waals surface area contributed by atoms with E-state index in [-0.39, 0.29) is 5.91 Å². The lowest BCUT2D eigenvalue weighted by atomic mass is 9.88. The molecule has 1 unspecified atom stereocenters. The van der Waals surface area contributed by atoms with Crippen LogP contribution in [0.3, 0.4) is 0 Å². The molecule has 1 aliphatic rings. The first-order chi connectivity index (χ1) is 9.22. The molecule has 1 atom stereocenters. The molecule has 0 aliphatic heterocycles. The zero-order chi connectivity index (χ0) is 13.7. The molecule has 0 saturated heterocycles. The van der Waals surface area contributed by atoms with Crippen molar-refractivity contribution in [2.75, 3.05) is 18.9 Å². The number of carbonyl (C=O) groups is 1. The van der Waals surface area contributed by atoms with Crippen LogP contribution in [0.4, 0.5) is 5.13 Å². The summed E-state index contributed by atoms with van der Waals surface area (Å²) in [4.78, 5) is 17.6. The molecule has 1 aliphatic carbocycles. The number of amides is 1. The highest BCUT2D eigenvalue weighted by molar-refractivity contribution is 7.15. The average molecular weight is 281 g/mol. The number of nitrogens with one attached hydrogen (secondary N) is 2. The lowest BCUT2D eigenvalue weighted by Gasteiger charge is -2.19. The number of nitrogens with zero attached hydrogens (tertiary/aromatic N) is 1. The van der Waals surface area contributed by atoms with Crippen LogP contribution in [0, 0.1) is 5.92 Å². The molecule has 1 heterocycles. The van der Waals surface area contributed by atoms with E-state index in [2.05, 4.69) is 22.5 Å². The molecule has 0 bridgehead atoms. The van der Waals surface area contributed by atoms with Crippen LogP contribution in [0.1, 0.15) is 43.2 Å². The van der Waals surface area contributed by atoms with Gasteiger partial charge >= 0.3 is 0 Å². The zero-order valence-electron chi connectivity index (χ0n) is 11.8. The van der Waals surface area contributed by atoms with Crippen molar-refractivity contribution in [2.45, 2.75) is 45.4 Å². The molecule has 0 fully saturated rings. The Morgan fingerprint density at radius 3 is 3.11 bits per heavy atom. The second-order valence-corrected chi connectivity index (χ2v) is 6.27. The topological polar surface area (TPSA) is 54.0 Å². The van der Waals surface area contributed by atoms with E-state index >= 15 is 0 Å². The first kappa shape index (κ1) is 14.5. The van der Waals surface area contributed by atoms with Crippen molar-refractivity contribution in [3.63, 3.8) is 0 Å². The third-order valence-corrected chi connectivity index (χ3v) is 4.62. The average Bonchev–Trinajstić information content (AvgIpc) is 2.78. The highest BCUT2D eigenvalue weighted by atomic mass is 32.1. The highest BCUT2D eigenvalue weighted by Crippen LogP contribution is 2.33. The van der Waals surface area contributed by atoms with Gasteiger partial charge in [-0.15, -0.1) is 11.3 Å². The predicted molar refractivity (Wildman–Crippen MR) is 79.7 cm³/mol. The Morgan fingerprint density at radius 2 is 2.37 bits per heavy atom. The summed E-state index contributed by atoms with van der Waals surface area (Å²) in [5, 5.41) is 6.67. The van der Waals surface area contributed by atoms with Crippen LogP contribution in [0.2, 0.25) is 0 Å². The second-order valence-electron chi connectivity index (χ2n) is 5.19. The summed E-state index contributed by atoms with van der Waals surface area (Å²) >= 11 is 1.66. The quantitative estimate of drug-likeness (QED) is 0.842. The molecule has 5 heteroatoms. The third kappa shape index (κ3) is 4.01. The van der Waals surface area contributed by atoms with E-state index in [1.54, 1.807) is 11.3 Å².